The van der Waals surface area contributed by atoms with E-state index in [4.69, 9.17) is 16.0 Å². The van der Waals surface area contributed by atoms with Crippen LogP contribution in [0.2, 0.25) is 23.2 Å². The van der Waals surface area contributed by atoms with Gasteiger partial charge in [0.1, 0.15) is 16.9 Å². The number of rotatable bonds is 5. The number of nitrogens with zero attached hydrogens (tertiary/aromatic N) is 1. The summed E-state index contributed by atoms with van der Waals surface area (Å²) >= 11 is 10.5. The Morgan fingerprint density at radius 2 is 2.04 bits per heavy atom. The van der Waals surface area contributed by atoms with Gasteiger partial charge in [-0.2, -0.15) is 0 Å². The minimum absolute atomic E-state index is 0.124. The van der Waals surface area contributed by atoms with Crippen molar-refractivity contribution in [2.75, 3.05) is 0 Å². The lowest BCUT2D eigenvalue weighted by Gasteiger charge is -2.35. The summed E-state index contributed by atoms with van der Waals surface area (Å²) in [7, 11) is -1.86. The molecule has 0 aliphatic rings. The highest BCUT2D eigenvalue weighted by Gasteiger charge is 2.37. The Balaban J connectivity index is 2.15. The molecule has 0 amide bonds. The van der Waals surface area contributed by atoms with Crippen LogP contribution in [0.5, 0.6) is 0 Å². The van der Waals surface area contributed by atoms with Gasteiger partial charge in [-0.1, -0.05) is 32.4 Å². The fourth-order valence-corrected chi connectivity index (χ4v) is 4.23. The lowest BCUT2D eigenvalue weighted by Crippen LogP contribution is -2.40. The van der Waals surface area contributed by atoms with E-state index in [9.17, 15) is 9.50 Å². The number of hydrogen-bond donors (Lipinski definition) is 1. The van der Waals surface area contributed by atoms with E-state index in [2.05, 4.69) is 54.8 Å². The maximum absolute atomic E-state index is 13.5. The third-order valence-corrected chi connectivity index (χ3v) is 10.9. The second-order valence-corrected chi connectivity index (χ2v) is 14.4. The Bertz CT molecular complexity index is 764. The first-order valence-corrected chi connectivity index (χ1v) is 12.8. The number of thiazole rings is 1. The maximum Gasteiger partial charge on any atom is 0.192 e. The van der Waals surface area contributed by atoms with Crippen LogP contribution in [0.4, 0.5) is 4.39 Å². The van der Waals surface area contributed by atoms with Crippen molar-refractivity contribution in [1.82, 2.24) is 4.98 Å². The molecule has 0 saturated heterocycles. The second kappa shape index (κ2) is 7.74. The van der Waals surface area contributed by atoms with E-state index in [0.717, 1.165) is 5.69 Å². The summed E-state index contributed by atoms with van der Waals surface area (Å²) in [5, 5.41) is 13.2. The summed E-state index contributed by atoms with van der Waals surface area (Å²) in [6.07, 6.45) is -1.00. The average Bonchev–Trinajstić information content (AvgIpc) is 2.96. The predicted molar refractivity (Wildman–Crippen MR) is 107 cm³/mol. The Labute approximate surface area is 166 Å². The van der Waals surface area contributed by atoms with Crippen LogP contribution in [0, 0.1) is 5.82 Å². The van der Waals surface area contributed by atoms with Crippen LogP contribution < -0.4 is 0 Å². The van der Waals surface area contributed by atoms with Gasteiger partial charge in [0.2, 0.25) is 0 Å². The summed E-state index contributed by atoms with van der Waals surface area (Å²) in [6, 6.07) is 2.66. The molecule has 0 saturated carbocycles. The third-order valence-electron chi connectivity index (χ3n) is 4.52. The van der Waals surface area contributed by atoms with Crippen molar-refractivity contribution < 1.29 is 13.9 Å². The van der Waals surface area contributed by atoms with E-state index in [1.165, 1.54) is 23.5 Å². The van der Waals surface area contributed by atoms with Gasteiger partial charge in [0.25, 0.3) is 0 Å². The highest BCUT2D eigenvalue weighted by atomic mass is 79.9. The van der Waals surface area contributed by atoms with Gasteiger partial charge < -0.3 is 9.53 Å². The van der Waals surface area contributed by atoms with Crippen LogP contribution in [0.1, 0.15) is 43.1 Å². The maximum atomic E-state index is 13.5. The molecule has 2 aromatic rings. The second-order valence-electron chi connectivity index (χ2n) is 7.42. The minimum atomic E-state index is -1.86. The van der Waals surface area contributed by atoms with Crippen LogP contribution in [-0.2, 0) is 11.0 Å². The van der Waals surface area contributed by atoms with E-state index in [0.29, 0.717) is 17.2 Å². The zero-order valence-corrected chi connectivity index (χ0v) is 19.0. The van der Waals surface area contributed by atoms with E-state index in [-0.39, 0.29) is 14.5 Å². The molecule has 8 heteroatoms. The quantitative estimate of drug-likeness (QED) is 0.415. The van der Waals surface area contributed by atoms with Crippen LogP contribution in [0.25, 0.3) is 0 Å². The molecule has 0 aliphatic heterocycles. The van der Waals surface area contributed by atoms with Crippen molar-refractivity contribution >= 4 is 47.2 Å². The molecule has 25 heavy (non-hydrogen) atoms. The van der Waals surface area contributed by atoms with Crippen molar-refractivity contribution in [3.8, 4) is 0 Å². The Kier molecular flexibility index (Phi) is 6.50. The fourth-order valence-electron chi connectivity index (χ4n) is 1.87. The molecule has 0 aliphatic carbocycles. The Morgan fingerprint density at radius 3 is 2.64 bits per heavy atom. The summed E-state index contributed by atoms with van der Waals surface area (Å²) in [4.78, 5) is 4.46. The van der Waals surface area contributed by atoms with Gasteiger partial charge in [-0.3, -0.25) is 0 Å². The van der Waals surface area contributed by atoms with Gasteiger partial charge in [-0.15, -0.1) is 11.3 Å². The zero-order valence-electron chi connectivity index (χ0n) is 14.9. The van der Waals surface area contributed by atoms with E-state index in [1.807, 2.05) is 5.38 Å². The molecule has 1 heterocycles. The van der Waals surface area contributed by atoms with Crippen LogP contribution in [0.3, 0.4) is 0 Å². The molecule has 1 unspecified atom stereocenters. The molecule has 0 spiro atoms. The number of benzene rings is 1. The molecule has 3 nitrogen and oxygen atoms in total. The lowest BCUT2D eigenvalue weighted by molar-refractivity contribution is 0.218. The minimum Gasteiger partial charge on any atom is -0.411 e. The van der Waals surface area contributed by atoms with Crippen LogP contribution >= 0.6 is 38.9 Å². The Hall–Kier alpha value is -0.313. The molecule has 0 bridgehead atoms. The van der Waals surface area contributed by atoms with Gasteiger partial charge in [0.05, 0.1) is 16.8 Å². The number of aliphatic hydroxyl groups is 1. The van der Waals surface area contributed by atoms with Crippen molar-refractivity contribution in [2.24, 2.45) is 0 Å². The number of aromatic nitrogens is 1. The highest BCUT2D eigenvalue weighted by molar-refractivity contribution is 9.10. The van der Waals surface area contributed by atoms with E-state index < -0.39 is 20.2 Å². The van der Waals surface area contributed by atoms with Gasteiger partial charge in [0, 0.05) is 16.0 Å². The summed E-state index contributed by atoms with van der Waals surface area (Å²) in [5.41, 5.74) is 1.20. The smallest absolute Gasteiger partial charge is 0.192 e. The molecule has 1 aromatic heterocycles. The van der Waals surface area contributed by atoms with Crippen molar-refractivity contribution in [3.63, 3.8) is 0 Å². The molecular formula is C17H22BrClFNO2SSi. The standard InChI is InChI=1S/C17H22BrClFNO2SSi/c1-17(2,3)25(4,5)23-8-10-9-24-16(21-10)15(22)11-6-12(18)14(20)7-13(11)19/h6-7,9,15,22H,8H2,1-5H3. The summed E-state index contributed by atoms with van der Waals surface area (Å²) in [5.74, 6) is -0.469. The first-order chi connectivity index (χ1) is 11.4. The first kappa shape index (κ1) is 21.0. The van der Waals surface area contributed by atoms with E-state index in [1.54, 1.807) is 0 Å². The van der Waals surface area contributed by atoms with Crippen molar-refractivity contribution in [2.45, 2.75) is 51.6 Å². The van der Waals surface area contributed by atoms with E-state index >= 15 is 0 Å². The van der Waals surface area contributed by atoms with Crippen LogP contribution in [-0.4, -0.2) is 18.4 Å². The highest BCUT2D eigenvalue weighted by Crippen LogP contribution is 2.37. The predicted octanol–water partition coefficient (Wildman–Crippen LogP) is 6.30. The van der Waals surface area contributed by atoms with Crippen molar-refractivity contribution in [3.05, 3.63) is 49.1 Å². The molecule has 1 N–H and O–H groups in total. The van der Waals surface area contributed by atoms with Crippen LogP contribution in [0.15, 0.2) is 22.0 Å². The molecule has 138 valence electrons. The molecule has 0 fully saturated rings. The summed E-state index contributed by atoms with van der Waals surface area (Å²) < 4.78 is 19.9. The van der Waals surface area contributed by atoms with Gasteiger partial charge in [-0.25, -0.2) is 9.37 Å². The lowest BCUT2D eigenvalue weighted by atomic mass is 10.1. The van der Waals surface area contributed by atoms with Gasteiger partial charge in [0.15, 0.2) is 8.32 Å². The van der Waals surface area contributed by atoms with Crippen molar-refractivity contribution in [1.29, 1.82) is 0 Å². The monoisotopic (exact) mass is 465 g/mol. The number of hydrogen-bond acceptors (Lipinski definition) is 4. The normalized spacial score (nSPS) is 14.0. The van der Waals surface area contributed by atoms with Gasteiger partial charge >= 0.3 is 0 Å². The number of aliphatic hydroxyl groups excluding tert-OH is 1. The molecule has 0 radical (unpaired) electrons. The molecule has 1 atom stereocenters. The SMILES string of the molecule is CC(C)(C)[Si](C)(C)OCc1csc(C(O)c2cc(Br)c(F)cc2Cl)n1. The third kappa shape index (κ3) is 4.90. The Morgan fingerprint density at radius 1 is 1.40 bits per heavy atom. The zero-order chi connectivity index (χ0) is 19.0. The number of halogens is 3. The summed E-state index contributed by atoms with van der Waals surface area (Å²) in [6.45, 7) is 11.3. The molecular weight excluding hydrogens is 445 g/mol. The first-order valence-electron chi connectivity index (χ1n) is 7.83. The van der Waals surface area contributed by atoms with Gasteiger partial charge in [-0.05, 0) is 46.2 Å². The molecule has 2 rings (SSSR count). The largest absolute Gasteiger partial charge is 0.411 e. The average molecular weight is 467 g/mol. The molecule has 1 aromatic carbocycles. The topological polar surface area (TPSA) is 42.4 Å². The fraction of sp³-hybridized carbons (Fsp3) is 0.471.